The van der Waals surface area contributed by atoms with Crippen molar-refractivity contribution in [3.63, 3.8) is 0 Å². The van der Waals surface area contributed by atoms with Crippen molar-refractivity contribution in [2.75, 3.05) is 6.54 Å². The molecule has 1 saturated heterocycles. The van der Waals surface area contributed by atoms with E-state index in [0.717, 1.165) is 6.04 Å². The standard InChI is InChI=1S/C6H14N2/c1-4(5(2)7)6-3-8-6/h4-6,8H,3,7H2,1-2H3. The lowest BCUT2D eigenvalue weighted by molar-refractivity contribution is 0.475. The summed E-state index contributed by atoms with van der Waals surface area (Å²) in [7, 11) is 0. The Bertz CT molecular complexity index is 74.6. The van der Waals surface area contributed by atoms with Crippen LogP contribution in [0.25, 0.3) is 0 Å². The van der Waals surface area contributed by atoms with Crippen LogP contribution in [0, 0.1) is 5.92 Å². The predicted molar refractivity (Wildman–Crippen MR) is 34.6 cm³/mol. The molecule has 8 heavy (non-hydrogen) atoms. The van der Waals surface area contributed by atoms with Gasteiger partial charge in [0.25, 0.3) is 0 Å². The zero-order valence-corrected chi connectivity index (χ0v) is 5.52. The molecule has 3 atom stereocenters. The molecule has 1 rings (SSSR count). The molecule has 3 N–H and O–H groups in total. The summed E-state index contributed by atoms with van der Waals surface area (Å²) in [6.07, 6.45) is 0. The average Bonchev–Trinajstić information content (AvgIpc) is 2.43. The minimum absolute atomic E-state index is 0.343. The second kappa shape index (κ2) is 2.03. The summed E-state index contributed by atoms with van der Waals surface area (Å²) >= 11 is 0. The molecule has 0 amide bonds. The molecule has 0 bridgehead atoms. The third-order valence-electron chi connectivity index (χ3n) is 1.90. The number of rotatable bonds is 2. The van der Waals surface area contributed by atoms with E-state index in [1.54, 1.807) is 0 Å². The molecule has 1 aliphatic heterocycles. The Kier molecular flexibility index (Phi) is 1.54. The SMILES string of the molecule is CC(N)C(C)C1CN1. The van der Waals surface area contributed by atoms with Gasteiger partial charge in [0, 0.05) is 18.6 Å². The number of hydrogen-bond acceptors (Lipinski definition) is 2. The zero-order valence-electron chi connectivity index (χ0n) is 5.52. The molecule has 1 heterocycles. The van der Waals surface area contributed by atoms with Crippen molar-refractivity contribution in [2.24, 2.45) is 11.7 Å². The van der Waals surface area contributed by atoms with Crippen LogP contribution in [0.3, 0.4) is 0 Å². The number of hydrogen-bond donors (Lipinski definition) is 2. The molecule has 2 heteroatoms. The van der Waals surface area contributed by atoms with Crippen LogP contribution in [-0.2, 0) is 0 Å². The van der Waals surface area contributed by atoms with Gasteiger partial charge in [-0.05, 0) is 12.8 Å². The Labute approximate surface area is 50.4 Å². The van der Waals surface area contributed by atoms with E-state index < -0.39 is 0 Å². The quantitative estimate of drug-likeness (QED) is 0.494. The highest BCUT2D eigenvalue weighted by molar-refractivity contribution is 4.90. The van der Waals surface area contributed by atoms with E-state index in [-0.39, 0.29) is 0 Å². The fourth-order valence-corrected chi connectivity index (χ4v) is 0.806. The van der Waals surface area contributed by atoms with Gasteiger partial charge in [-0.15, -0.1) is 0 Å². The second-order valence-corrected chi connectivity index (χ2v) is 2.73. The molecule has 2 nitrogen and oxygen atoms in total. The Balaban J connectivity index is 2.22. The van der Waals surface area contributed by atoms with Crippen molar-refractivity contribution in [2.45, 2.75) is 25.9 Å². The summed E-state index contributed by atoms with van der Waals surface area (Å²) in [5.41, 5.74) is 5.64. The number of nitrogens with one attached hydrogen (secondary N) is 1. The number of nitrogens with two attached hydrogens (primary N) is 1. The van der Waals surface area contributed by atoms with Gasteiger partial charge in [0.2, 0.25) is 0 Å². The van der Waals surface area contributed by atoms with E-state index in [0.29, 0.717) is 12.0 Å². The molecular formula is C6H14N2. The first-order chi connectivity index (χ1) is 3.72. The normalized spacial score (nSPS) is 34.1. The van der Waals surface area contributed by atoms with Crippen molar-refractivity contribution >= 4 is 0 Å². The highest BCUT2D eigenvalue weighted by Crippen LogP contribution is 2.13. The molecule has 0 aromatic heterocycles. The van der Waals surface area contributed by atoms with E-state index in [1.807, 2.05) is 0 Å². The lowest BCUT2D eigenvalue weighted by Crippen LogP contribution is -2.28. The van der Waals surface area contributed by atoms with Crippen LogP contribution in [-0.4, -0.2) is 18.6 Å². The molecule has 3 unspecified atom stereocenters. The molecule has 0 aliphatic carbocycles. The van der Waals surface area contributed by atoms with Crippen LogP contribution in [0.15, 0.2) is 0 Å². The van der Waals surface area contributed by atoms with Crippen LogP contribution < -0.4 is 11.1 Å². The fourth-order valence-electron chi connectivity index (χ4n) is 0.806. The summed E-state index contributed by atoms with van der Waals surface area (Å²) in [5, 5.41) is 3.24. The Morgan fingerprint density at radius 1 is 1.62 bits per heavy atom. The molecule has 1 aliphatic rings. The minimum atomic E-state index is 0.343. The van der Waals surface area contributed by atoms with Gasteiger partial charge in [-0.25, -0.2) is 0 Å². The summed E-state index contributed by atoms with van der Waals surface area (Å²) in [4.78, 5) is 0. The van der Waals surface area contributed by atoms with Crippen LogP contribution in [0.4, 0.5) is 0 Å². The van der Waals surface area contributed by atoms with E-state index in [4.69, 9.17) is 5.73 Å². The summed E-state index contributed by atoms with van der Waals surface area (Å²) in [5.74, 6) is 0.648. The summed E-state index contributed by atoms with van der Waals surface area (Å²) in [6, 6.07) is 1.06. The van der Waals surface area contributed by atoms with Gasteiger partial charge < -0.3 is 11.1 Å². The molecule has 1 fully saturated rings. The Hall–Kier alpha value is -0.0800. The van der Waals surface area contributed by atoms with Gasteiger partial charge in [-0.1, -0.05) is 6.92 Å². The summed E-state index contributed by atoms with van der Waals surface area (Å²) in [6.45, 7) is 5.42. The maximum atomic E-state index is 5.64. The summed E-state index contributed by atoms with van der Waals surface area (Å²) < 4.78 is 0. The average molecular weight is 114 g/mol. The van der Waals surface area contributed by atoms with E-state index in [1.165, 1.54) is 6.54 Å². The molecule has 0 spiro atoms. The molecule has 0 radical (unpaired) electrons. The van der Waals surface area contributed by atoms with Gasteiger partial charge in [-0.2, -0.15) is 0 Å². The third kappa shape index (κ3) is 1.20. The molecule has 0 aromatic carbocycles. The monoisotopic (exact) mass is 114 g/mol. The maximum absolute atomic E-state index is 5.64. The molecule has 48 valence electrons. The first kappa shape index (κ1) is 6.05. The maximum Gasteiger partial charge on any atom is 0.0233 e. The largest absolute Gasteiger partial charge is 0.328 e. The van der Waals surface area contributed by atoms with E-state index >= 15 is 0 Å². The highest BCUT2D eigenvalue weighted by atomic mass is 15.1. The van der Waals surface area contributed by atoms with Crippen molar-refractivity contribution in [1.82, 2.24) is 5.32 Å². The first-order valence-electron chi connectivity index (χ1n) is 3.21. The highest BCUT2D eigenvalue weighted by Gasteiger charge is 2.28. The molecule has 0 saturated carbocycles. The van der Waals surface area contributed by atoms with Crippen molar-refractivity contribution < 1.29 is 0 Å². The fraction of sp³-hybridized carbons (Fsp3) is 1.00. The van der Waals surface area contributed by atoms with Crippen LogP contribution >= 0.6 is 0 Å². The van der Waals surface area contributed by atoms with Gasteiger partial charge in [-0.3, -0.25) is 0 Å². The van der Waals surface area contributed by atoms with Gasteiger partial charge in [0.15, 0.2) is 0 Å². The van der Waals surface area contributed by atoms with Crippen LogP contribution in [0.1, 0.15) is 13.8 Å². The van der Waals surface area contributed by atoms with Crippen molar-refractivity contribution in [3.8, 4) is 0 Å². The minimum Gasteiger partial charge on any atom is -0.328 e. The van der Waals surface area contributed by atoms with Crippen LogP contribution in [0.2, 0.25) is 0 Å². The first-order valence-corrected chi connectivity index (χ1v) is 3.21. The van der Waals surface area contributed by atoms with Crippen LogP contribution in [0.5, 0.6) is 0 Å². The lowest BCUT2D eigenvalue weighted by Gasteiger charge is -2.11. The zero-order chi connectivity index (χ0) is 6.15. The van der Waals surface area contributed by atoms with Gasteiger partial charge in [0.1, 0.15) is 0 Å². The second-order valence-electron chi connectivity index (χ2n) is 2.73. The van der Waals surface area contributed by atoms with E-state index in [2.05, 4.69) is 19.2 Å². The van der Waals surface area contributed by atoms with Gasteiger partial charge in [0.05, 0.1) is 0 Å². The predicted octanol–water partition coefficient (Wildman–Crippen LogP) is -0.0585. The van der Waals surface area contributed by atoms with Crippen molar-refractivity contribution in [1.29, 1.82) is 0 Å². The molecule has 0 aromatic rings. The topological polar surface area (TPSA) is 48.0 Å². The van der Waals surface area contributed by atoms with Crippen molar-refractivity contribution in [3.05, 3.63) is 0 Å². The lowest BCUT2D eigenvalue weighted by atomic mass is 10.0. The third-order valence-corrected chi connectivity index (χ3v) is 1.90. The Morgan fingerprint density at radius 3 is 2.25 bits per heavy atom. The molecular weight excluding hydrogens is 100 g/mol. The van der Waals surface area contributed by atoms with Gasteiger partial charge >= 0.3 is 0 Å². The Morgan fingerprint density at radius 2 is 2.12 bits per heavy atom. The smallest absolute Gasteiger partial charge is 0.0233 e. The van der Waals surface area contributed by atoms with E-state index in [9.17, 15) is 0 Å².